The molecule has 3 heterocycles. The van der Waals surface area contributed by atoms with E-state index < -0.39 is 0 Å². The van der Waals surface area contributed by atoms with Crippen molar-refractivity contribution in [2.45, 2.75) is 6.92 Å². The maximum absolute atomic E-state index is 11.1. The number of rotatable bonds is 6. The van der Waals surface area contributed by atoms with E-state index in [1.165, 1.54) is 6.92 Å². The van der Waals surface area contributed by atoms with Gasteiger partial charge in [0.05, 0.1) is 32.6 Å². The molecule has 0 unspecified atom stereocenters. The van der Waals surface area contributed by atoms with E-state index in [4.69, 9.17) is 9.47 Å². The zero-order chi connectivity index (χ0) is 21.5. The predicted molar refractivity (Wildman–Crippen MR) is 118 cm³/mol. The summed E-state index contributed by atoms with van der Waals surface area (Å²) in [4.78, 5) is 29.1. The summed E-state index contributed by atoms with van der Waals surface area (Å²) in [5.41, 5.74) is 4.53. The highest BCUT2D eigenvalue weighted by molar-refractivity contribution is 5.89. The second kappa shape index (κ2) is 10.1. The van der Waals surface area contributed by atoms with Crippen LogP contribution in [-0.4, -0.2) is 79.7 Å². The van der Waals surface area contributed by atoms with Gasteiger partial charge in [0.1, 0.15) is 0 Å². The molecule has 1 amide bonds. The van der Waals surface area contributed by atoms with Crippen molar-refractivity contribution in [1.82, 2.24) is 15.0 Å². The molecule has 1 aromatic carbocycles. The second-order valence-electron chi connectivity index (χ2n) is 7.13. The molecule has 4 rings (SSSR count). The molecule has 2 aliphatic rings. The standard InChI is InChI=1S/C20H26N8O3/c1-15(29)22-17-4-2-16(3-5-17)14-21-26-18-23-19(27-6-10-30-11-7-27)25-20(24-18)28-8-12-31-13-9-28/h2-5,14H,6-13H2,1H3,(H,22,29)(H,23,24,25,26)/b21-14-. The Morgan fingerprint density at radius 1 is 0.935 bits per heavy atom. The number of aromatic nitrogens is 3. The highest BCUT2D eigenvalue weighted by Crippen LogP contribution is 2.18. The van der Waals surface area contributed by atoms with Crippen LogP contribution in [-0.2, 0) is 14.3 Å². The Kier molecular flexibility index (Phi) is 6.85. The molecular formula is C20H26N8O3. The number of hydrogen-bond acceptors (Lipinski definition) is 10. The lowest BCUT2D eigenvalue weighted by molar-refractivity contribution is -0.114. The third-order valence-corrected chi connectivity index (χ3v) is 4.81. The summed E-state index contributed by atoms with van der Waals surface area (Å²) in [6.07, 6.45) is 1.67. The zero-order valence-corrected chi connectivity index (χ0v) is 17.5. The Hall–Kier alpha value is -3.31. The molecule has 0 aliphatic carbocycles. The van der Waals surface area contributed by atoms with Crippen LogP contribution in [0.4, 0.5) is 23.5 Å². The number of ether oxygens (including phenoxy) is 2. The SMILES string of the molecule is CC(=O)Nc1ccc(/C=N\Nc2nc(N3CCOCC3)nc(N3CCOCC3)n2)cc1. The number of hydrazone groups is 1. The number of carbonyl (C=O) groups excluding carboxylic acids is 1. The van der Waals surface area contributed by atoms with Crippen molar-refractivity contribution >= 4 is 35.7 Å². The highest BCUT2D eigenvalue weighted by Gasteiger charge is 2.20. The number of nitrogens with zero attached hydrogens (tertiary/aromatic N) is 6. The monoisotopic (exact) mass is 426 g/mol. The second-order valence-corrected chi connectivity index (χ2v) is 7.13. The quantitative estimate of drug-likeness (QED) is 0.514. The first-order valence-electron chi connectivity index (χ1n) is 10.3. The summed E-state index contributed by atoms with van der Waals surface area (Å²) < 4.78 is 10.9. The number of benzene rings is 1. The van der Waals surface area contributed by atoms with Gasteiger partial charge in [-0.05, 0) is 17.7 Å². The topological polar surface area (TPSA) is 117 Å². The van der Waals surface area contributed by atoms with Gasteiger partial charge in [0.15, 0.2) is 0 Å². The molecule has 11 nitrogen and oxygen atoms in total. The Labute approximate surface area is 180 Å². The van der Waals surface area contributed by atoms with Gasteiger partial charge in [-0.25, -0.2) is 5.43 Å². The minimum atomic E-state index is -0.106. The molecule has 11 heteroatoms. The molecular weight excluding hydrogens is 400 g/mol. The van der Waals surface area contributed by atoms with Crippen molar-refractivity contribution in [1.29, 1.82) is 0 Å². The molecule has 2 aliphatic heterocycles. The van der Waals surface area contributed by atoms with E-state index in [1.54, 1.807) is 6.21 Å². The number of amides is 1. The lowest BCUT2D eigenvalue weighted by atomic mass is 10.2. The van der Waals surface area contributed by atoms with Crippen molar-refractivity contribution in [3.63, 3.8) is 0 Å². The summed E-state index contributed by atoms with van der Waals surface area (Å²) in [5.74, 6) is 1.49. The fraction of sp³-hybridized carbons (Fsp3) is 0.450. The minimum absolute atomic E-state index is 0.106. The van der Waals surface area contributed by atoms with Crippen LogP contribution in [0.15, 0.2) is 29.4 Å². The van der Waals surface area contributed by atoms with E-state index in [0.29, 0.717) is 44.3 Å². The third kappa shape index (κ3) is 5.86. The average molecular weight is 426 g/mol. The first-order chi connectivity index (χ1) is 15.2. The Balaban J connectivity index is 1.49. The van der Waals surface area contributed by atoms with E-state index >= 15 is 0 Å². The van der Waals surface area contributed by atoms with E-state index in [9.17, 15) is 4.79 Å². The molecule has 31 heavy (non-hydrogen) atoms. The summed E-state index contributed by atoms with van der Waals surface area (Å²) in [6.45, 7) is 6.99. The molecule has 2 aromatic rings. The van der Waals surface area contributed by atoms with Gasteiger partial charge >= 0.3 is 0 Å². The van der Waals surface area contributed by atoms with Gasteiger partial charge in [-0.2, -0.15) is 20.1 Å². The maximum atomic E-state index is 11.1. The lowest BCUT2D eigenvalue weighted by Gasteiger charge is -2.30. The Morgan fingerprint density at radius 2 is 1.48 bits per heavy atom. The van der Waals surface area contributed by atoms with Crippen LogP contribution in [0.1, 0.15) is 12.5 Å². The fourth-order valence-corrected chi connectivity index (χ4v) is 3.23. The number of morpholine rings is 2. The van der Waals surface area contributed by atoms with Crippen LogP contribution in [0.3, 0.4) is 0 Å². The molecule has 2 N–H and O–H groups in total. The predicted octanol–water partition coefficient (Wildman–Crippen LogP) is 0.949. The molecule has 0 radical (unpaired) electrons. The summed E-state index contributed by atoms with van der Waals surface area (Å²) in [7, 11) is 0. The van der Waals surface area contributed by atoms with Crippen molar-refractivity contribution < 1.29 is 14.3 Å². The van der Waals surface area contributed by atoms with Crippen LogP contribution in [0.25, 0.3) is 0 Å². The number of anilines is 4. The van der Waals surface area contributed by atoms with Crippen LogP contribution in [0.2, 0.25) is 0 Å². The molecule has 1 aromatic heterocycles. The van der Waals surface area contributed by atoms with Crippen molar-refractivity contribution in [3.05, 3.63) is 29.8 Å². The van der Waals surface area contributed by atoms with E-state index in [-0.39, 0.29) is 5.91 Å². The van der Waals surface area contributed by atoms with Gasteiger partial charge in [0, 0.05) is 38.8 Å². The normalized spacial score (nSPS) is 17.1. The van der Waals surface area contributed by atoms with Gasteiger partial charge in [0.25, 0.3) is 0 Å². The number of hydrogen-bond donors (Lipinski definition) is 2. The largest absolute Gasteiger partial charge is 0.378 e. The van der Waals surface area contributed by atoms with E-state index in [1.807, 2.05) is 24.3 Å². The summed E-state index contributed by atoms with van der Waals surface area (Å²) >= 11 is 0. The molecule has 0 bridgehead atoms. The van der Waals surface area contributed by atoms with E-state index in [0.717, 1.165) is 37.4 Å². The highest BCUT2D eigenvalue weighted by atomic mass is 16.5. The minimum Gasteiger partial charge on any atom is -0.378 e. The number of nitrogens with one attached hydrogen (secondary N) is 2. The van der Waals surface area contributed by atoms with Crippen molar-refractivity contribution in [2.75, 3.05) is 73.1 Å². The summed E-state index contributed by atoms with van der Waals surface area (Å²) in [5, 5.41) is 7.01. The first-order valence-corrected chi connectivity index (χ1v) is 10.3. The van der Waals surface area contributed by atoms with Gasteiger partial charge in [-0.1, -0.05) is 12.1 Å². The smallest absolute Gasteiger partial charge is 0.250 e. The average Bonchev–Trinajstić information content (AvgIpc) is 2.81. The van der Waals surface area contributed by atoms with Gasteiger partial charge in [0.2, 0.25) is 23.8 Å². The van der Waals surface area contributed by atoms with Gasteiger partial charge < -0.3 is 24.6 Å². The van der Waals surface area contributed by atoms with Gasteiger partial charge in [-0.3, -0.25) is 4.79 Å². The third-order valence-electron chi connectivity index (χ3n) is 4.81. The van der Waals surface area contributed by atoms with Gasteiger partial charge in [-0.15, -0.1) is 0 Å². The molecule has 2 fully saturated rings. The molecule has 164 valence electrons. The van der Waals surface area contributed by atoms with Crippen molar-refractivity contribution in [3.8, 4) is 0 Å². The maximum Gasteiger partial charge on any atom is 0.250 e. The first kappa shape index (κ1) is 20.9. The molecule has 0 atom stereocenters. The fourth-order valence-electron chi connectivity index (χ4n) is 3.23. The molecule has 0 saturated carbocycles. The summed E-state index contributed by atoms with van der Waals surface area (Å²) in [6, 6.07) is 7.36. The van der Waals surface area contributed by atoms with Crippen LogP contribution in [0.5, 0.6) is 0 Å². The van der Waals surface area contributed by atoms with Crippen LogP contribution < -0.4 is 20.5 Å². The Bertz CT molecular complexity index is 873. The van der Waals surface area contributed by atoms with Crippen LogP contribution in [0, 0.1) is 0 Å². The van der Waals surface area contributed by atoms with Crippen LogP contribution >= 0.6 is 0 Å². The Morgan fingerprint density at radius 3 is 2.00 bits per heavy atom. The zero-order valence-electron chi connectivity index (χ0n) is 17.5. The number of carbonyl (C=O) groups is 1. The van der Waals surface area contributed by atoms with E-state index in [2.05, 4.69) is 40.6 Å². The molecule has 0 spiro atoms. The molecule has 2 saturated heterocycles. The van der Waals surface area contributed by atoms with Crippen molar-refractivity contribution in [2.24, 2.45) is 5.10 Å². The lowest BCUT2D eigenvalue weighted by Crippen LogP contribution is -2.40.